The van der Waals surface area contributed by atoms with Gasteiger partial charge in [-0.15, -0.1) is 0 Å². The summed E-state index contributed by atoms with van der Waals surface area (Å²) in [6.45, 7) is 2.48. The summed E-state index contributed by atoms with van der Waals surface area (Å²) in [4.78, 5) is 26.7. The molecule has 0 spiro atoms. The Morgan fingerprint density at radius 2 is 2.09 bits per heavy atom. The molecule has 0 saturated carbocycles. The van der Waals surface area contributed by atoms with Gasteiger partial charge in [0.2, 0.25) is 11.8 Å². The summed E-state index contributed by atoms with van der Waals surface area (Å²) in [6, 6.07) is 9.39. The zero-order valence-electron chi connectivity index (χ0n) is 12.4. The van der Waals surface area contributed by atoms with Crippen molar-refractivity contribution in [2.75, 3.05) is 6.54 Å². The molecule has 1 unspecified atom stereocenters. The molecule has 1 N–H and O–H groups in total. The highest BCUT2D eigenvalue weighted by atomic mass is 16.5. The largest absolute Gasteiger partial charge is 0.347 e. The Bertz CT molecular complexity index is 657. The molecule has 3 aliphatic heterocycles. The standard InChI is InChI=1S/C17H18N2O3/c1-11(12-5-3-2-4-6-12)19-15(20)9-13(16(19)21)17-8-7-14(22-17)18-10-17/h2-8,11,13-14,18H,9-10H2,1H3/t11-,13?,14+,17-/m0/s1. The highest BCUT2D eigenvalue weighted by Gasteiger charge is 2.56. The molecular weight excluding hydrogens is 280 g/mol. The molecule has 2 bridgehead atoms. The Labute approximate surface area is 128 Å². The van der Waals surface area contributed by atoms with Gasteiger partial charge in [-0.3, -0.25) is 19.8 Å². The monoisotopic (exact) mass is 298 g/mol. The van der Waals surface area contributed by atoms with Gasteiger partial charge in [0.15, 0.2) is 0 Å². The third-order valence-electron chi connectivity index (χ3n) is 4.92. The Kier molecular flexibility index (Phi) is 2.96. The van der Waals surface area contributed by atoms with Gasteiger partial charge in [0, 0.05) is 13.0 Å². The van der Waals surface area contributed by atoms with Crippen LogP contribution in [0, 0.1) is 5.92 Å². The summed E-state index contributed by atoms with van der Waals surface area (Å²) >= 11 is 0. The molecule has 4 atom stereocenters. The zero-order valence-corrected chi connectivity index (χ0v) is 12.4. The van der Waals surface area contributed by atoms with Gasteiger partial charge in [0.1, 0.15) is 11.8 Å². The quantitative estimate of drug-likeness (QED) is 0.676. The van der Waals surface area contributed by atoms with Crippen LogP contribution in [0.25, 0.3) is 0 Å². The minimum absolute atomic E-state index is 0.118. The molecule has 4 rings (SSSR count). The molecule has 3 aliphatic rings. The molecule has 5 heteroatoms. The number of carbonyl (C=O) groups is 2. The minimum Gasteiger partial charge on any atom is -0.347 e. The van der Waals surface area contributed by atoms with Crippen LogP contribution in [-0.2, 0) is 14.3 Å². The zero-order chi connectivity index (χ0) is 15.3. The lowest BCUT2D eigenvalue weighted by atomic mass is 9.85. The molecule has 1 aromatic rings. The van der Waals surface area contributed by atoms with E-state index >= 15 is 0 Å². The number of likely N-dealkylation sites (tertiary alicyclic amines) is 1. The number of benzene rings is 1. The number of ether oxygens (including phenoxy) is 1. The van der Waals surface area contributed by atoms with Gasteiger partial charge in [-0.25, -0.2) is 0 Å². The molecule has 0 aromatic heterocycles. The molecule has 0 radical (unpaired) electrons. The van der Waals surface area contributed by atoms with Crippen LogP contribution in [0.4, 0.5) is 0 Å². The molecule has 2 saturated heterocycles. The van der Waals surface area contributed by atoms with Crippen molar-refractivity contribution in [3.8, 4) is 0 Å². The first-order chi connectivity index (χ1) is 10.6. The average Bonchev–Trinajstić information content (AvgIpc) is 3.22. The number of nitrogens with zero attached hydrogens (tertiary/aromatic N) is 1. The predicted molar refractivity (Wildman–Crippen MR) is 79.6 cm³/mol. The van der Waals surface area contributed by atoms with E-state index in [2.05, 4.69) is 5.32 Å². The maximum atomic E-state index is 12.9. The number of imide groups is 1. The van der Waals surface area contributed by atoms with Crippen LogP contribution in [0.2, 0.25) is 0 Å². The van der Waals surface area contributed by atoms with Crippen LogP contribution in [0.3, 0.4) is 0 Å². The number of carbonyl (C=O) groups excluding carboxylic acids is 2. The summed E-state index contributed by atoms with van der Waals surface area (Å²) in [5, 5.41) is 3.19. The summed E-state index contributed by atoms with van der Waals surface area (Å²) in [5.74, 6) is -0.675. The van der Waals surface area contributed by atoms with E-state index < -0.39 is 11.5 Å². The number of hydrogen-bond acceptors (Lipinski definition) is 4. The third-order valence-corrected chi connectivity index (χ3v) is 4.92. The minimum atomic E-state index is -0.650. The van der Waals surface area contributed by atoms with E-state index in [4.69, 9.17) is 4.74 Å². The van der Waals surface area contributed by atoms with Crippen LogP contribution in [-0.4, -0.2) is 35.1 Å². The van der Waals surface area contributed by atoms with Gasteiger partial charge in [0.25, 0.3) is 0 Å². The maximum Gasteiger partial charge on any atom is 0.236 e. The van der Waals surface area contributed by atoms with Crippen molar-refractivity contribution in [3.63, 3.8) is 0 Å². The normalized spacial score (nSPS) is 34.7. The summed E-state index contributed by atoms with van der Waals surface area (Å²) in [6.07, 6.45) is 3.96. The van der Waals surface area contributed by atoms with Gasteiger partial charge in [-0.05, 0) is 18.6 Å². The Hall–Kier alpha value is -1.98. The van der Waals surface area contributed by atoms with Gasteiger partial charge < -0.3 is 4.74 Å². The first-order valence-electron chi connectivity index (χ1n) is 7.62. The fraction of sp³-hybridized carbons (Fsp3) is 0.412. The smallest absolute Gasteiger partial charge is 0.236 e. The molecular formula is C17H18N2O3. The van der Waals surface area contributed by atoms with Crippen molar-refractivity contribution in [2.45, 2.75) is 31.2 Å². The molecule has 2 amide bonds. The van der Waals surface area contributed by atoms with Crippen molar-refractivity contribution in [1.29, 1.82) is 0 Å². The van der Waals surface area contributed by atoms with Crippen molar-refractivity contribution in [3.05, 3.63) is 48.0 Å². The molecule has 2 fully saturated rings. The van der Waals surface area contributed by atoms with E-state index in [0.29, 0.717) is 6.54 Å². The Morgan fingerprint density at radius 1 is 1.32 bits per heavy atom. The van der Waals surface area contributed by atoms with Gasteiger partial charge in [-0.2, -0.15) is 0 Å². The first kappa shape index (κ1) is 13.7. The molecule has 3 heterocycles. The van der Waals surface area contributed by atoms with Crippen molar-refractivity contribution < 1.29 is 14.3 Å². The van der Waals surface area contributed by atoms with Gasteiger partial charge in [-0.1, -0.05) is 36.4 Å². The fourth-order valence-electron chi connectivity index (χ4n) is 3.68. The van der Waals surface area contributed by atoms with Crippen molar-refractivity contribution >= 4 is 11.8 Å². The summed E-state index contributed by atoms with van der Waals surface area (Å²) < 4.78 is 5.87. The van der Waals surface area contributed by atoms with E-state index in [1.807, 2.05) is 49.4 Å². The Morgan fingerprint density at radius 3 is 2.68 bits per heavy atom. The van der Waals surface area contributed by atoms with Crippen molar-refractivity contribution in [1.82, 2.24) is 10.2 Å². The summed E-state index contributed by atoms with van der Waals surface area (Å²) in [5.41, 5.74) is 0.315. The van der Waals surface area contributed by atoms with Crippen LogP contribution < -0.4 is 5.32 Å². The van der Waals surface area contributed by atoms with E-state index in [9.17, 15) is 9.59 Å². The topological polar surface area (TPSA) is 58.6 Å². The van der Waals surface area contributed by atoms with Gasteiger partial charge >= 0.3 is 0 Å². The lowest BCUT2D eigenvalue weighted by Crippen LogP contribution is -2.44. The van der Waals surface area contributed by atoms with E-state index in [1.54, 1.807) is 0 Å². The molecule has 114 valence electrons. The molecule has 0 aliphatic carbocycles. The van der Waals surface area contributed by atoms with Crippen LogP contribution in [0.5, 0.6) is 0 Å². The number of fused-ring (bicyclic) bond motifs is 2. The van der Waals surface area contributed by atoms with E-state index in [1.165, 1.54) is 4.90 Å². The second-order valence-electron chi connectivity index (χ2n) is 6.18. The highest BCUT2D eigenvalue weighted by Crippen LogP contribution is 2.42. The first-order valence-corrected chi connectivity index (χ1v) is 7.62. The van der Waals surface area contributed by atoms with Gasteiger partial charge in [0.05, 0.1) is 12.0 Å². The summed E-state index contributed by atoms with van der Waals surface area (Å²) in [7, 11) is 0. The van der Waals surface area contributed by atoms with Crippen LogP contribution in [0.15, 0.2) is 42.5 Å². The number of amides is 2. The molecule has 5 nitrogen and oxygen atoms in total. The lowest BCUT2D eigenvalue weighted by molar-refractivity contribution is -0.144. The Balaban J connectivity index is 1.62. The SMILES string of the molecule is C[C@@H](c1ccccc1)N1C(=O)CC([C@]23C=C[C@H](NC2)O3)C1=O. The third kappa shape index (κ3) is 1.86. The second kappa shape index (κ2) is 4.76. The predicted octanol–water partition coefficient (Wildman–Crippen LogP) is 1.38. The number of hydrogen-bond donors (Lipinski definition) is 1. The van der Waals surface area contributed by atoms with Crippen LogP contribution >= 0.6 is 0 Å². The lowest BCUT2D eigenvalue weighted by Gasteiger charge is -2.28. The molecule has 22 heavy (non-hydrogen) atoms. The average molecular weight is 298 g/mol. The van der Waals surface area contributed by atoms with Crippen molar-refractivity contribution in [2.24, 2.45) is 5.92 Å². The highest BCUT2D eigenvalue weighted by molar-refractivity contribution is 6.04. The maximum absolute atomic E-state index is 12.9. The van der Waals surface area contributed by atoms with E-state index in [0.717, 1.165) is 5.56 Å². The second-order valence-corrected chi connectivity index (χ2v) is 6.18. The van der Waals surface area contributed by atoms with E-state index in [-0.39, 0.29) is 30.5 Å². The van der Waals surface area contributed by atoms with Crippen LogP contribution in [0.1, 0.15) is 24.9 Å². The number of rotatable bonds is 3. The molecule has 1 aromatic carbocycles. The number of nitrogens with one attached hydrogen (secondary N) is 1. The fourth-order valence-corrected chi connectivity index (χ4v) is 3.68.